The van der Waals surface area contributed by atoms with Crippen LogP contribution < -0.4 is 0 Å². The number of nitrogens with zero attached hydrogens (tertiary/aromatic N) is 4. The minimum atomic E-state index is 0.746. The number of benzene rings is 1. The van der Waals surface area contributed by atoms with Crippen LogP contribution in [0.2, 0.25) is 5.02 Å². The molecule has 0 saturated carbocycles. The van der Waals surface area contributed by atoms with Gasteiger partial charge in [0.15, 0.2) is 0 Å². The van der Waals surface area contributed by atoms with Crippen LogP contribution in [0.25, 0.3) is 11.3 Å². The maximum atomic E-state index is 5.94. The van der Waals surface area contributed by atoms with Gasteiger partial charge < -0.3 is 4.57 Å². The van der Waals surface area contributed by atoms with Crippen molar-refractivity contribution in [3.63, 3.8) is 0 Å². The average molecular weight is 345 g/mol. The Morgan fingerprint density at radius 2 is 1.96 bits per heavy atom. The molecule has 0 amide bonds. The molecule has 1 aliphatic heterocycles. The van der Waals surface area contributed by atoms with E-state index in [0.717, 1.165) is 52.3 Å². The first kappa shape index (κ1) is 14.8. The van der Waals surface area contributed by atoms with Crippen molar-refractivity contribution < 1.29 is 0 Å². The van der Waals surface area contributed by atoms with E-state index in [1.807, 2.05) is 24.3 Å². The normalized spacial score (nSPS) is 14.5. The van der Waals surface area contributed by atoms with Gasteiger partial charge in [0.2, 0.25) is 0 Å². The Morgan fingerprint density at radius 1 is 1.09 bits per heavy atom. The summed E-state index contributed by atoms with van der Waals surface area (Å²) in [7, 11) is 0. The van der Waals surface area contributed by atoms with Gasteiger partial charge in [-0.2, -0.15) is 0 Å². The van der Waals surface area contributed by atoms with E-state index < -0.39 is 0 Å². The molecule has 1 aromatic carbocycles. The molecule has 0 unspecified atom stereocenters. The van der Waals surface area contributed by atoms with E-state index in [1.54, 1.807) is 11.3 Å². The second kappa shape index (κ2) is 6.42. The molecule has 4 rings (SSSR count). The molecule has 2 aromatic heterocycles. The van der Waals surface area contributed by atoms with Crippen molar-refractivity contribution in [2.24, 2.45) is 0 Å². The van der Waals surface area contributed by atoms with Crippen molar-refractivity contribution in [3.8, 4) is 11.3 Å². The van der Waals surface area contributed by atoms with Crippen molar-refractivity contribution >= 4 is 22.9 Å². The molecule has 0 saturated heterocycles. The Kier molecular flexibility index (Phi) is 4.14. The first-order chi connectivity index (χ1) is 11.3. The molecule has 4 nitrogen and oxygen atoms in total. The summed E-state index contributed by atoms with van der Waals surface area (Å²) in [6.45, 7) is 1.03. The van der Waals surface area contributed by atoms with E-state index in [1.165, 1.54) is 19.3 Å². The smallest absolute Gasteiger partial charge is 0.139 e. The van der Waals surface area contributed by atoms with Crippen LogP contribution in [0.15, 0.2) is 29.6 Å². The van der Waals surface area contributed by atoms with Crippen molar-refractivity contribution in [1.29, 1.82) is 0 Å². The van der Waals surface area contributed by atoms with Gasteiger partial charge in [0.25, 0.3) is 0 Å². The highest BCUT2D eigenvalue weighted by Crippen LogP contribution is 2.25. The number of fused-ring (bicyclic) bond motifs is 1. The minimum Gasteiger partial charge on any atom is -0.315 e. The van der Waals surface area contributed by atoms with E-state index in [-0.39, 0.29) is 0 Å². The molecule has 0 bridgehead atoms. The van der Waals surface area contributed by atoms with E-state index in [4.69, 9.17) is 16.6 Å². The predicted molar refractivity (Wildman–Crippen MR) is 92.9 cm³/mol. The lowest BCUT2D eigenvalue weighted by molar-refractivity contribution is 0.611. The zero-order valence-corrected chi connectivity index (χ0v) is 14.3. The van der Waals surface area contributed by atoms with Gasteiger partial charge in [0, 0.05) is 28.9 Å². The van der Waals surface area contributed by atoms with Gasteiger partial charge in [-0.25, -0.2) is 4.98 Å². The third kappa shape index (κ3) is 3.16. The number of aryl methyl sites for hydroxylation is 1. The zero-order chi connectivity index (χ0) is 15.6. The van der Waals surface area contributed by atoms with Crippen LogP contribution in [0.1, 0.15) is 35.9 Å². The van der Waals surface area contributed by atoms with Crippen molar-refractivity contribution in [1.82, 2.24) is 19.7 Å². The molecular weight excluding hydrogens is 328 g/mol. The molecule has 0 radical (unpaired) electrons. The summed E-state index contributed by atoms with van der Waals surface area (Å²) >= 11 is 7.62. The average Bonchev–Trinajstić information content (AvgIpc) is 3.10. The van der Waals surface area contributed by atoms with E-state index in [2.05, 4.69) is 20.1 Å². The van der Waals surface area contributed by atoms with Crippen LogP contribution in [-0.4, -0.2) is 19.7 Å². The molecule has 3 aromatic rings. The van der Waals surface area contributed by atoms with Crippen LogP contribution in [0.3, 0.4) is 0 Å². The lowest BCUT2D eigenvalue weighted by Gasteiger charge is -2.05. The molecule has 0 aliphatic carbocycles. The molecule has 118 valence electrons. The number of hydrogen-bond acceptors (Lipinski definition) is 4. The molecule has 6 heteroatoms. The van der Waals surface area contributed by atoms with Gasteiger partial charge >= 0.3 is 0 Å². The lowest BCUT2D eigenvalue weighted by Crippen LogP contribution is -2.06. The fourth-order valence-electron chi connectivity index (χ4n) is 2.96. The highest BCUT2D eigenvalue weighted by atomic mass is 35.5. The minimum absolute atomic E-state index is 0.746. The Morgan fingerprint density at radius 3 is 2.83 bits per heavy atom. The summed E-state index contributed by atoms with van der Waals surface area (Å²) < 4.78 is 2.29. The highest BCUT2D eigenvalue weighted by molar-refractivity contribution is 7.10. The number of rotatable bonds is 3. The second-order valence-electron chi connectivity index (χ2n) is 5.80. The maximum absolute atomic E-state index is 5.94. The lowest BCUT2D eigenvalue weighted by atomic mass is 10.2. The summed E-state index contributed by atoms with van der Waals surface area (Å²) in [5.41, 5.74) is 2.09. The maximum Gasteiger partial charge on any atom is 0.139 e. The van der Waals surface area contributed by atoms with Gasteiger partial charge in [0.05, 0.1) is 12.1 Å². The third-order valence-corrected chi connectivity index (χ3v) is 5.29. The second-order valence-corrected chi connectivity index (χ2v) is 7.18. The molecule has 3 heterocycles. The summed E-state index contributed by atoms with van der Waals surface area (Å²) in [4.78, 5) is 4.75. The van der Waals surface area contributed by atoms with Gasteiger partial charge in [-0.1, -0.05) is 30.2 Å². The number of halogens is 1. The number of aromatic nitrogens is 4. The Bertz CT molecular complexity index is 806. The summed E-state index contributed by atoms with van der Waals surface area (Å²) in [6, 6.07) is 7.80. The molecule has 23 heavy (non-hydrogen) atoms. The van der Waals surface area contributed by atoms with Crippen molar-refractivity contribution in [2.45, 2.75) is 38.6 Å². The molecule has 1 aliphatic rings. The first-order valence-electron chi connectivity index (χ1n) is 7.91. The summed E-state index contributed by atoms with van der Waals surface area (Å²) in [5, 5.41) is 12.7. The van der Waals surface area contributed by atoms with Crippen molar-refractivity contribution in [3.05, 3.63) is 51.3 Å². The molecular formula is C17H17ClN4S. The van der Waals surface area contributed by atoms with E-state index in [0.29, 0.717) is 0 Å². The third-order valence-electron chi connectivity index (χ3n) is 4.19. The van der Waals surface area contributed by atoms with Crippen molar-refractivity contribution in [2.75, 3.05) is 0 Å². The SMILES string of the molecule is Clc1ccc(-c2csc(Cc3nnc4n3CCCCC4)n2)cc1. The number of thiazole rings is 1. The van der Waals surface area contributed by atoms with E-state index in [9.17, 15) is 0 Å². The Balaban J connectivity index is 1.56. The molecule has 0 spiro atoms. The molecule has 0 fully saturated rings. The van der Waals surface area contributed by atoms with Crippen LogP contribution >= 0.6 is 22.9 Å². The quantitative estimate of drug-likeness (QED) is 0.708. The Labute approximate surface area is 144 Å². The van der Waals surface area contributed by atoms with Gasteiger partial charge in [-0.15, -0.1) is 21.5 Å². The van der Waals surface area contributed by atoms with E-state index >= 15 is 0 Å². The summed E-state index contributed by atoms with van der Waals surface area (Å²) in [6.07, 6.45) is 5.51. The van der Waals surface area contributed by atoms with Gasteiger partial charge in [-0.05, 0) is 25.0 Å². The molecule has 0 atom stereocenters. The van der Waals surface area contributed by atoms with Crippen LogP contribution in [0.5, 0.6) is 0 Å². The zero-order valence-electron chi connectivity index (χ0n) is 12.7. The predicted octanol–water partition coefficient (Wildman–Crippen LogP) is 4.37. The molecule has 0 N–H and O–H groups in total. The first-order valence-corrected chi connectivity index (χ1v) is 9.16. The standard InChI is InChI=1S/C17H17ClN4S/c18-13-7-5-12(6-8-13)14-11-23-17(19-14)10-16-21-20-15-4-2-1-3-9-22(15)16/h5-8,11H,1-4,9-10H2. The number of hydrogen-bond donors (Lipinski definition) is 0. The summed E-state index contributed by atoms with van der Waals surface area (Å²) in [5.74, 6) is 2.17. The largest absolute Gasteiger partial charge is 0.315 e. The highest BCUT2D eigenvalue weighted by Gasteiger charge is 2.16. The van der Waals surface area contributed by atoms with Crippen LogP contribution in [0.4, 0.5) is 0 Å². The fraction of sp³-hybridized carbons (Fsp3) is 0.353. The Hall–Kier alpha value is -1.72. The topological polar surface area (TPSA) is 43.6 Å². The van der Waals surface area contributed by atoms with Crippen LogP contribution in [0, 0.1) is 0 Å². The van der Waals surface area contributed by atoms with Gasteiger partial charge in [-0.3, -0.25) is 0 Å². The van der Waals surface area contributed by atoms with Crippen LogP contribution in [-0.2, 0) is 19.4 Å². The van der Waals surface area contributed by atoms with Gasteiger partial charge in [0.1, 0.15) is 16.7 Å². The monoisotopic (exact) mass is 344 g/mol. The fourth-order valence-corrected chi connectivity index (χ4v) is 3.88.